The lowest BCUT2D eigenvalue weighted by Gasteiger charge is -2.23. The van der Waals surface area contributed by atoms with Gasteiger partial charge in [-0.05, 0) is 38.3 Å². The van der Waals surface area contributed by atoms with E-state index < -0.39 is 6.10 Å². The number of ether oxygens (including phenoxy) is 1. The fourth-order valence-corrected chi connectivity index (χ4v) is 2.48. The van der Waals surface area contributed by atoms with E-state index in [1.807, 2.05) is 0 Å². The second kappa shape index (κ2) is 8.51. The number of carbonyl (C=O) groups is 1. The molecule has 1 saturated heterocycles. The summed E-state index contributed by atoms with van der Waals surface area (Å²) in [7, 11) is 1.40. The molecule has 1 aliphatic rings. The number of hydrogen-bond acceptors (Lipinski definition) is 5. The van der Waals surface area contributed by atoms with Gasteiger partial charge in [0.1, 0.15) is 6.04 Å². The molecule has 19 heavy (non-hydrogen) atoms. The molecule has 2 N–H and O–H groups in total. The Balaban J connectivity index is 2.30. The molecule has 5 nitrogen and oxygen atoms in total. The van der Waals surface area contributed by atoms with Crippen LogP contribution in [0.2, 0.25) is 0 Å². The largest absolute Gasteiger partial charge is 0.468 e. The average molecular weight is 272 g/mol. The van der Waals surface area contributed by atoms with Crippen LogP contribution in [0.25, 0.3) is 0 Å². The van der Waals surface area contributed by atoms with E-state index in [-0.39, 0.29) is 12.0 Å². The maximum absolute atomic E-state index is 11.6. The van der Waals surface area contributed by atoms with Crippen molar-refractivity contribution in [3.8, 4) is 0 Å². The summed E-state index contributed by atoms with van der Waals surface area (Å²) in [5.41, 5.74) is 0. The van der Waals surface area contributed by atoms with Crippen LogP contribution in [0.15, 0.2) is 0 Å². The molecule has 2 unspecified atom stereocenters. The van der Waals surface area contributed by atoms with Gasteiger partial charge in [0, 0.05) is 13.1 Å². The van der Waals surface area contributed by atoms with Crippen LogP contribution in [0.1, 0.15) is 33.1 Å². The normalized spacial score (nSPS) is 19.6. The second-order valence-corrected chi connectivity index (χ2v) is 5.78. The van der Waals surface area contributed by atoms with E-state index in [0.717, 1.165) is 19.5 Å². The number of aliphatic hydroxyl groups is 1. The zero-order chi connectivity index (χ0) is 14.3. The van der Waals surface area contributed by atoms with E-state index in [4.69, 9.17) is 4.74 Å². The van der Waals surface area contributed by atoms with E-state index in [1.165, 1.54) is 20.0 Å². The lowest BCUT2D eigenvalue weighted by molar-refractivity contribution is -0.143. The van der Waals surface area contributed by atoms with Crippen molar-refractivity contribution in [1.29, 1.82) is 0 Å². The van der Waals surface area contributed by atoms with Gasteiger partial charge in [0.2, 0.25) is 0 Å². The third-order valence-corrected chi connectivity index (χ3v) is 3.46. The Hall–Kier alpha value is -0.650. The lowest BCUT2D eigenvalue weighted by atomic mass is 10.0. The van der Waals surface area contributed by atoms with Crippen molar-refractivity contribution >= 4 is 5.97 Å². The summed E-state index contributed by atoms with van der Waals surface area (Å²) in [6, 6.07) is -0.321. The molecule has 1 aliphatic heterocycles. The van der Waals surface area contributed by atoms with Gasteiger partial charge < -0.3 is 20.1 Å². The number of methoxy groups -OCH3 is 1. The molecular formula is C14H28N2O3. The molecule has 0 aliphatic carbocycles. The summed E-state index contributed by atoms with van der Waals surface area (Å²) < 4.78 is 4.79. The third-order valence-electron chi connectivity index (χ3n) is 3.46. The van der Waals surface area contributed by atoms with E-state index in [1.54, 1.807) is 0 Å². The predicted molar refractivity (Wildman–Crippen MR) is 74.9 cm³/mol. The topological polar surface area (TPSA) is 61.8 Å². The Morgan fingerprint density at radius 1 is 1.37 bits per heavy atom. The van der Waals surface area contributed by atoms with Crippen LogP contribution in [0, 0.1) is 5.92 Å². The number of esters is 1. The van der Waals surface area contributed by atoms with Crippen LogP contribution in [0.4, 0.5) is 0 Å². The molecule has 0 aromatic rings. The highest BCUT2D eigenvalue weighted by molar-refractivity contribution is 5.75. The van der Waals surface area contributed by atoms with Gasteiger partial charge in [-0.25, -0.2) is 0 Å². The number of β-amino-alcohol motifs (C(OH)–C–C–N with tert-alkyl or cyclic N) is 1. The van der Waals surface area contributed by atoms with Crippen LogP contribution in [0.5, 0.6) is 0 Å². The summed E-state index contributed by atoms with van der Waals surface area (Å²) in [4.78, 5) is 13.9. The first kappa shape index (κ1) is 16.4. The highest BCUT2D eigenvalue weighted by Crippen LogP contribution is 2.09. The Labute approximate surface area is 116 Å². The van der Waals surface area contributed by atoms with E-state index in [9.17, 15) is 9.90 Å². The molecule has 0 saturated carbocycles. The lowest BCUT2D eigenvalue weighted by Crippen LogP contribution is -2.45. The van der Waals surface area contributed by atoms with Gasteiger partial charge in [-0.15, -0.1) is 0 Å². The van der Waals surface area contributed by atoms with Crippen LogP contribution in [-0.4, -0.2) is 61.4 Å². The fourth-order valence-electron chi connectivity index (χ4n) is 2.48. The Kier molecular flexibility index (Phi) is 7.34. The van der Waals surface area contributed by atoms with Gasteiger partial charge in [-0.2, -0.15) is 0 Å². The number of nitrogens with one attached hydrogen (secondary N) is 1. The second-order valence-electron chi connectivity index (χ2n) is 5.78. The van der Waals surface area contributed by atoms with Crippen molar-refractivity contribution in [2.24, 2.45) is 5.92 Å². The summed E-state index contributed by atoms with van der Waals surface area (Å²) in [6.07, 6.45) is 2.73. The first-order valence-corrected chi connectivity index (χ1v) is 7.24. The molecule has 0 radical (unpaired) electrons. The molecule has 112 valence electrons. The Morgan fingerprint density at radius 2 is 2.00 bits per heavy atom. The number of likely N-dealkylation sites (tertiary alicyclic amines) is 1. The van der Waals surface area contributed by atoms with Crippen LogP contribution in [0.3, 0.4) is 0 Å². The molecule has 0 amide bonds. The van der Waals surface area contributed by atoms with Gasteiger partial charge in [-0.3, -0.25) is 4.79 Å². The monoisotopic (exact) mass is 272 g/mol. The van der Waals surface area contributed by atoms with Crippen molar-refractivity contribution in [3.05, 3.63) is 0 Å². The number of hydrogen-bond donors (Lipinski definition) is 2. The molecule has 0 aromatic carbocycles. The smallest absolute Gasteiger partial charge is 0.322 e. The molecule has 1 heterocycles. The fraction of sp³-hybridized carbons (Fsp3) is 0.929. The Morgan fingerprint density at radius 3 is 2.53 bits per heavy atom. The minimum absolute atomic E-state index is 0.248. The maximum Gasteiger partial charge on any atom is 0.322 e. The molecule has 0 spiro atoms. The molecule has 2 atom stereocenters. The van der Waals surface area contributed by atoms with E-state index >= 15 is 0 Å². The van der Waals surface area contributed by atoms with Crippen LogP contribution in [-0.2, 0) is 9.53 Å². The van der Waals surface area contributed by atoms with Gasteiger partial charge in [0.15, 0.2) is 0 Å². The average Bonchev–Trinajstić information content (AvgIpc) is 2.85. The van der Waals surface area contributed by atoms with E-state index in [0.29, 0.717) is 19.0 Å². The molecule has 1 rings (SSSR count). The van der Waals surface area contributed by atoms with Gasteiger partial charge in [0.05, 0.1) is 13.2 Å². The zero-order valence-electron chi connectivity index (χ0n) is 12.4. The van der Waals surface area contributed by atoms with Crippen LogP contribution >= 0.6 is 0 Å². The van der Waals surface area contributed by atoms with Crippen molar-refractivity contribution in [2.45, 2.75) is 45.3 Å². The number of nitrogens with zero attached hydrogens (tertiary/aromatic N) is 1. The summed E-state index contributed by atoms with van der Waals surface area (Å²) >= 11 is 0. The number of rotatable bonds is 8. The van der Waals surface area contributed by atoms with Gasteiger partial charge in [0.25, 0.3) is 0 Å². The first-order valence-electron chi connectivity index (χ1n) is 7.24. The van der Waals surface area contributed by atoms with Gasteiger partial charge >= 0.3 is 5.97 Å². The molecule has 1 fully saturated rings. The van der Waals surface area contributed by atoms with Crippen molar-refractivity contribution < 1.29 is 14.6 Å². The quantitative estimate of drug-likeness (QED) is 0.634. The minimum Gasteiger partial charge on any atom is -0.468 e. The van der Waals surface area contributed by atoms with Crippen LogP contribution < -0.4 is 5.32 Å². The molecule has 0 bridgehead atoms. The Bertz CT molecular complexity index is 265. The molecule has 0 aromatic heterocycles. The minimum atomic E-state index is -0.433. The van der Waals surface area contributed by atoms with E-state index in [2.05, 4.69) is 24.1 Å². The van der Waals surface area contributed by atoms with Crippen molar-refractivity contribution in [1.82, 2.24) is 10.2 Å². The standard InChI is InChI=1S/C14H28N2O3/c1-11(2)8-13(14(18)19-3)15-9-12(17)10-16-6-4-5-7-16/h11-13,15,17H,4-10H2,1-3H3. The number of aliphatic hydroxyl groups excluding tert-OH is 1. The predicted octanol–water partition coefficient (Wildman–Crippen LogP) is 0.620. The SMILES string of the molecule is COC(=O)C(CC(C)C)NCC(O)CN1CCCC1. The van der Waals surface area contributed by atoms with Gasteiger partial charge in [-0.1, -0.05) is 13.8 Å². The first-order chi connectivity index (χ1) is 9.02. The third kappa shape index (κ3) is 6.36. The molecular weight excluding hydrogens is 244 g/mol. The van der Waals surface area contributed by atoms with Crippen molar-refractivity contribution in [2.75, 3.05) is 33.3 Å². The number of carbonyl (C=O) groups excluding carboxylic acids is 1. The maximum atomic E-state index is 11.6. The molecule has 5 heteroatoms. The zero-order valence-corrected chi connectivity index (χ0v) is 12.4. The highest BCUT2D eigenvalue weighted by Gasteiger charge is 2.22. The summed E-state index contributed by atoms with van der Waals surface area (Å²) in [5, 5.41) is 13.1. The highest BCUT2D eigenvalue weighted by atomic mass is 16.5. The van der Waals surface area contributed by atoms with Crippen molar-refractivity contribution in [3.63, 3.8) is 0 Å². The summed E-state index contributed by atoms with van der Waals surface area (Å²) in [5.74, 6) is 0.161. The summed E-state index contributed by atoms with van der Waals surface area (Å²) in [6.45, 7) is 7.40.